The molecule has 2 aliphatic rings. The molecule has 4 N–H and O–H groups in total. The second-order valence-electron chi connectivity index (χ2n) is 8.25. The molecule has 160 valence electrons. The van der Waals surface area contributed by atoms with Crippen LogP contribution >= 0.6 is 0 Å². The number of pyridine rings is 1. The number of nitrogens with one attached hydrogen (secondary N) is 2. The molecular weight excluding hydrogens is 382 g/mol. The summed E-state index contributed by atoms with van der Waals surface area (Å²) in [6.07, 6.45) is 7.01. The molecule has 3 heterocycles. The van der Waals surface area contributed by atoms with E-state index in [-0.39, 0.29) is 29.8 Å². The molecule has 1 aliphatic heterocycles. The maximum atomic E-state index is 12.7. The van der Waals surface area contributed by atoms with Gasteiger partial charge in [-0.15, -0.1) is 0 Å². The largest absolute Gasteiger partial charge is 0.474 e. The Kier molecular flexibility index (Phi) is 5.76. The molecule has 30 heavy (non-hydrogen) atoms. The zero-order valence-corrected chi connectivity index (χ0v) is 17.5. The first-order chi connectivity index (χ1) is 14.4. The van der Waals surface area contributed by atoms with Crippen molar-refractivity contribution in [1.29, 1.82) is 5.41 Å². The van der Waals surface area contributed by atoms with Crippen LogP contribution in [0, 0.1) is 5.41 Å². The van der Waals surface area contributed by atoms with Gasteiger partial charge < -0.3 is 25.1 Å². The monoisotopic (exact) mass is 411 g/mol. The second-order valence-corrected chi connectivity index (χ2v) is 8.25. The molecule has 2 fully saturated rings. The van der Waals surface area contributed by atoms with Crippen LogP contribution in [0.5, 0.6) is 5.88 Å². The van der Waals surface area contributed by atoms with Crippen LogP contribution in [0.3, 0.4) is 0 Å². The fraction of sp³-hybridized carbons (Fsp3) is 0.500. The standard InChI is InChI=1S/C22H29N5O3/c1-13(2)27-12-14(11-18(27)21(28)26-15-3-4-15)20(24)19-17(23)5-8-25-22(19)30-16-6-9-29-10-7-16/h5,8,11-13,15-16,24H,3-4,6-7,9-10H2,1-2H3,(H2,23,25)(H,26,28). The Morgan fingerprint density at radius 3 is 2.73 bits per heavy atom. The minimum absolute atomic E-state index is 0.0141. The highest BCUT2D eigenvalue weighted by Gasteiger charge is 2.27. The van der Waals surface area contributed by atoms with Crippen molar-refractivity contribution in [2.45, 2.75) is 57.7 Å². The number of carbonyl (C=O) groups excluding carboxylic acids is 1. The fourth-order valence-electron chi connectivity index (χ4n) is 3.61. The minimum Gasteiger partial charge on any atom is -0.474 e. The van der Waals surface area contributed by atoms with Gasteiger partial charge in [0.25, 0.3) is 5.91 Å². The molecule has 0 bridgehead atoms. The van der Waals surface area contributed by atoms with Gasteiger partial charge in [-0.25, -0.2) is 4.98 Å². The third-order valence-corrected chi connectivity index (χ3v) is 5.48. The van der Waals surface area contributed by atoms with Gasteiger partial charge in [-0.05, 0) is 38.8 Å². The molecule has 2 aromatic heterocycles. The summed E-state index contributed by atoms with van der Waals surface area (Å²) in [7, 11) is 0. The van der Waals surface area contributed by atoms with Crippen molar-refractivity contribution in [3.05, 3.63) is 41.3 Å². The van der Waals surface area contributed by atoms with Crippen LogP contribution in [0.2, 0.25) is 0 Å². The number of nitrogens with zero attached hydrogens (tertiary/aromatic N) is 2. The number of anilines is 1. The Hall–Kier alpha value is -2.87. The molecule has 8 heteroatoms. The van der Waals surface area contributed by atoms with Crippen molar-refractivity contribution in [1.82, 2.24) is 14.9 Å². The quantitative estimate of drug-likeness (QED) is 0.606. The van der Waals surface area contributed by atoms with Gasteiger partial charge >= 0.3 is 0 Å². The summed E-state index contributed by atoms with van der Waals surface area (Å²) in [4.78, 5) is 17.1. The predicted molar refractivity (Wildman–Crippen MR) is 114 cm³/mol. The molecule has 8 nitrogen and oxygen atoms in total. The van der Waals surface area contributed by atoms with E-state index in [1.54, 1.807) is 18.3 Å². The Bertz CT molecular complexity index is 942. The highest BCUT2D eigenvalue weighted by Crippen LogP contribution is 2.29. The first kappa shape index (κ1) is 20.4. The number of ether oxygens (including phenoxy) is 2. The van der Waals surface area contributed by atoms with Crippen molar-refractivity contribution < 1.29 is 14.3 Å². The first-order valence-corrected chi connectivity index (χ1v) is 10.5. The average molecular weight is 412 g/mol. The van der Waals surface area contributed by atoms with Crippen LogP contribution in [-0.4, -0.2) is 46.5 Å². The topological polar surface area (TPSA) is 115 Å². The lowest BCUT2D eigenvalue weighted by Crippen LogP contribution is -2.28. The second kappa shape index (κ2) is 8.47. The fourth-order valence-corrected chi connectivity index (χ4v) is 3.61. The zero-order valence-electron chi connectivity index (χ0n) is 17.5. The van der Waals surface area contributed by atoms with Gasteiger partial charge in [0.2, 0.25) is 5.88 Å². The van der Waals surface area contributed by atoms with E-state index in [1.807, 2.05) is 24.6 Å². The molecule has 0 radical (unpaired) electrons. The van der Waals surface area contributed by atoms with Crippen LogP contribution in [-0.2, 0) is 4.74 Å². The summed E-state index contributed by atoms with van der Waals surface area (Å²) in [5.74, 6) is 0.247. The summed E-state index contributed by atoms with van der Waals surface area (Å²) in [5.41, 5.74) is 8.47. The van der Waals surface area contributed by atoms with E-state index >= 15 is 0 Å². The lowest BCUT2D eigenvalue weighted by molar-refractivity contribution is 0.0237. The maximum Gasteiger partial charge on any atom is 0.268 e. The summed E-state index contributed by atoms with van der Waals surface area (Å²) in [5, 5.41) is 11.9. The summed E-state index contributed by atoms with van der Waals surface area (Å²) >= 11 is 0. The van der Waals surface area contributed by atoms with Gasteiger partial charge in [0.15, 0.2) is 0 Å². The van der Waals surface area contributed by atoms with Gasteiger partial charge in [0.1, 0.15) is 11.8 Å². The number of hydrogen-bond acceptors (Lipinski definition) is 6. The number of rotatable bonds is 7. The SMILES string of the molecule is CC(C)n1cc(C(=N)c2c(N)ccnc2OC2CCOCC2)cc1C(=O)NC1CC1. The normalized spacial score (nSPS) is 17.2. The highest BCUT2D eigenvalue weighted by molar-refractivity contribution is 6.16. The first-order valence-electron chi connectivity index (χ1n) is 10.5. The van der Waals surface area contributed by atoms with Gasteiger partial charge in [0, 0.05) is 48.6 Å². The Labute approximate surface area is 176 Å². The third-order valence-electron chi connectivity index (χ3n) is 5.48. The molecule has 1 aliphatic carbocycles. The van der Waals surface area contributed by atoms with Crippen molar-refractivity contribution in [2.24, 2.45) is 0 Å². The van der Waals surface area contributed by atoms with Crippen molar-refractivity contribution in [2.75, 3.05) is 18.9 Å². The summed E-state index contributed by atoms with van der Waals surface area (Å²) in [6, 6.07) is 3.77. The molecule has 1 saturated heterocycles. The van der Waals surface area contributed by atoms with Gasteiger partial charge in [-0.1, -0.05) is 0 Å². The van der Waals surface area contributed by atoms with E-state index in [0.717, 1.165) is 25.7 Å². The number of amides is 1. The zero-order chi connectivity index (χ0) is 21.3. The number of nitrogen functional groups attached to an aromatic ring is 1. The number of nitrogens with two attached hydrogens (primary N) is 1. The minimum atomic E-state index is -0.108. The Morgan fingerprint density at radius 1 is 1.33 bits per heavy atom. The van der Waals surface area contributed by atoms with Crippen LogP contribution in [0.1, 0.15) is 67.2 Å². The highest BCUT2D eigenvalue weighted by atomic mass is 16.5. The predicted octanol–water partition coefficient (Wildman–Crippen LogP) is 2.91. The number of aromatic nitrogens is 2. The van der Waals surface area contributed by atoms with E-state index in [2.05, 4.69) is 10.3 Å². The summed E-state index contributed by atoms with van der Waals surface area (Å²) in [6.45, 7) is 5.33. The summed E-state index contributed by atoms with van der Waals surface area (Å²) < 4.78 is 13.4. The van der Waals surface area contributed by atoms with E-state index in [9.17, 15) is 4.79 Å². The molecule has 1 amide bonds. The maximum absolute atomic E-state index is 12.7. The van der Waals surface area contributed by atoms with E-state index in [0.29, 0.717) is 41.6 Å². The molecule has 0 atom stereocenters. The molecule has 4 rings (SSSR count). The molecule has 2 aromatic rings. The lowest BCUT2D eigenvalue weighted by atomic mass is 10.0. The van der Waals surface area contributed by atoms with Crippen LogP contribution in [0.4, 0.5) is 5.69 Å². The lowest BCUT2D eigenvalue weighted by Gasteiger charge is -2.24. The number of hydrogen-bond donors (Lipinski definition) is 3. The smallest absolute Gasteiger partial charge is 0.268 e. The van der Waals surface area contributed by atoms with Crippen molar-refractivity contribution in [3.63, 3.8) is 0 Å². The number of carbonyl (C=O) groups is 1. The van der Waals surface area contributed by atoms with E-state index in [1.165, 1.54) is 0 Å². The molecule has 0 unspecified atom stereocenters. The van der Waals surface area contributed by atoms with Crippen molar-refractivity contribution >= 4 is 17.3 Å². The Balaban J connectivity index is 1.64. The molecule has 0 spiro atoms. The molecule has 1 saturated carbocycles. The van der Waals surface area contributed by atoms with Gasteiger partial charge in [-0.3, -0.25) is 10.2 Å². The van der Waals surface area contributed by atoms with Crippen LogP contribution in [0.15, 0.2) is 24.5 Å². The molecule has 0 aromatic carbocycles. The van der Waals surface area contributed by atoms with Crippen LogP contribution in [0.25, 0.3) is 0 Å². The van der Waals surface area contributed by atoms with Crippen LogP contribution < -0.4 is 15.8 Å². The Morgan fingerprint density at radius 2 is 2.07 bits per heavy atom. The van der Waals surface area contributed by atoms with E-state index < -0.39 is 0 Å². The van der Waals surface area contributed by atoms with Gasteiger partial charge in [-0.2, -0.15) is 0 Å². The van der Waals surface area contributed by atoms with E-state index in [4.69, 9.17) is 20.6 Å². The molecular formula is C22H29N5O3. The third kappa shape index (κ3) is 4.33. The van der Waals surface area contributed by atoms with Crippen molar-refractivity contribution in [3.8, 4) is 5.88 Å². The average Bonchev–Trinajstić information content (AvgIpc) is 3.41. The van der Waals surface area contributed by atoms with Gasteiger partial charge in [0.05, 0.1) is 24.5 Å².